The molecule has 0 bridgehead atoms. The minimum Gasteiger partial charge on any atom is -0.490 e. The molecular formula is C17H26N2O3. The summed E-state index contributed by atoms with van der Waals surface area (Å²) in [5.74, 6) is 0.897. The van der Waals surface area contributed by atoms with Crippen molar-refractivity contribution >= 4 is 6.03 Å². The second kappa shape index (κ2) is 8.63. The highest BCUT2D eigenvalue weighted by molar-refractivity contribution is 5.74. The van der Waals surface area contributed by atoms with Gasteiger partial charge in [0.2, 0.25) is 0 Å². The quantitative estimate of drug-likeness (QED) is 0.756. The lowest BCUT2D eigenvalue weighted by Gasteiger charge is -2.23. The predicted molar refractivity (Wildman–Crippen MR) is 85.9 cm³/mol. The molecule has 0 aromatic heterocycles. The molecule has 2 rings (SSSR count). The van der Waals surface area contributed by atoms with Crippen LogP contribution in [0.2, 0.25) is 0 Å². The average molecular weight is 306 g/mol. The third-order valence-corrected chi connectivity index (χ3v) is 3.88. The topological polar surface area (TPSA) is 70.6 Å². The minimum atomic E-state index is -0.274. The van der Waals surface area contributed by atoms with Gasteiger partial charge in [0, 0.05) is 6.54 Å². The average Bonchev–Trinajstić information content (AvgIpc) is 2.55. The number of ether oxygens (including phenoxy) is 1. The standard InChI is InChI=1S/C17H26N2O3/c1-13(12-20)19-17(21)18-11-14-7-9-16(10-8-14)22-15-5-3-2-4-6-15/h7-10,13,15,20H,2-6,11-12H2,1H3,(H2,18,19,21)/t13-/m0/s1. The Morgan fingerprint density at radius 3 is 2.59 bits per heavy atom. The molecule has 3 N–H and O–H groups in total. The molecule has 5 nitrogen and oxygen atoms in total. The van der Waals surface area contributed by atoms with E-state index in [9.17, 15) is 4.79 Å². The summed E-state index contributed by atoms with van der Waals surface area (Å²) >= 11 is 0. The van der Waals surface area contributed by atoms with E-state index in [1.54, 1.807) is 6.92 Å². The molecule has 0 radical (unpaired) electrons. The first-order chi connectivity index (χ1) is 10.7. The Hall–Kier alpha value is -1.75. The maximum Gasteiger partial charge on any atom is 0.315 e. The second-order valence-corrected chi connectivity index (χ2v) is 5.93. The molecule has 0 unspecified atom stereocenters. The first kappa shape index (κ1) is 16.6. The van der Waals surface area contributed by atoms with Gasteiger partial charge in [-0.15, -0.1) is 0 Å². The van der Waals surface area contributed by atoms with Crippen LogP contribution >= 0.6 is 0 Å². The summed E-state index contributed by atoms with van der Waals surface area (Å²) < 4.78 is 5.98. The van der Waals surface area contributed by atoms with Gasteiger partial charge in [0.1, 0.15) is 5.75 Å². The minimum absolute atomic E-state index is 0.0688. The van der Waals surface area contributed by atoms with Crippen molar-refractivity contribution in [3.8, 4) is 5.75 Å². The smallest absolute Gasteiger partial charge is 0.315 e. The molecule has 122 valence electrons. The van der Waals surface area contributed by atoms with Gasteiger partial charge in [-0.1, -0.05) is 18.6 Å². The number of aliphatic hydroxyl groups is 1. The van der Waals surface area contributed by atoms with Gasteiger partial charge < -0.3 is 20.5 Å². The lowest BCUT2D eigenvalue weighted by atomic mass is 9.98. The highest BCUT2D eigenvalue weighted by atomic mass is 16.5. The van der Waals surface area contributed by atoms with Crippen molar-refractivity contribution in [2.45, 2.75) is 57.7 Å². The molecule has 0 spiro atoms. The van der Waals surface area contributed by atoms with Crippen LogP contribution in [0.1, 0.15) is 44.6 Å². The van der Waals surface area contributed by atoms with Crippen LogP contribution in [0.5, 0.6) is 5.75 Å². The summed E-state index contributed by atoms with van der Waals surface area (Å²) in [7, 11) is 0. The highest BCUT2D eigenvalue weighted by Crippen LogP contribution is 2.23. The van der Waals surface area contributed by atoms with Crippen LogP contribution in [-0.4, -0.2) is 29.9 Å². The van der Waals surface area contributed by atoms with Crippen molar-refractivity contribution in [3.63, 3.8) is 0 Å². The molecule has 1 aliphatic carbocycles. The Morgan fingerprint density at radius 2 is 1.95 bits per heavy atom. The lowest BCUT2D eigenvalue weighted by molar-refractivity contribution is 0.155. The number of carbonyl (C=O) groups is 1. The Labute approximate surface area is 132 Å². The molecule has 1 aliphatic rings. The van der Waals surface area contributed by atoms with E-state index in [1.165, 1.54) is 19.3 Å². The maximum absolute atomic E-state index is 11.6. The zero-order valence-corrected chi connectivity index (χ0v) is 13.2. The zero-order valence-electron chi connectivity index (χ0n) is 13.2. The van der Waals surface area contributed by atoms with Crippen LogP contribution < -0.4 is 15.4 Å². The molecule has 22 heavy (non-hydrogen) atoms. The Morgan fingerprint density at radius 1 is 1.27 bits per heavy atom. The van der Waals surface area contributed by atoms with Gasteiger partial charge in [-0.25, -0.2) is 4.79 Å². The first-order valence-corrected chi connectivity index (χ1v) is 8.08. The number of nitrogens with one attached hydrogen (secondary N) is 2. The number of benzene rings is 1. The number of hydrogen-bond donors (Lipinski definition) is 3. The molecule has 1 aromatic carbocycles. The van der Waals surface area contributed by atoms with E-state index >= 15 is 0 Å². The Balaban J connectivity index is 1.75. The summed E-state index contributed by atoms with van der Waals surface area (Å²) in [6, 6.07) is 7.33. The van der Waals surface area contributed by atoms with Crippen molar-refractivity contribution < 1.29 is 14.6 Å². The van der Waals surface area contributed by atoms with Gasteiger partial charge in [0.15, 0.2) is 0 Å². The Kier molecular flexibility index (Phi) is 6.52. The largest absolute Gasteiger partial charge is 0.490 e. The Bertz CT molecular complexity index is 455. The van der Waals surface area contributed by atoms with Crippen LogP contribution in [0.25, 0.3) is 0 Å². The number of urea groups is 1. The third kappa shape index (κ3) is 5.56. The van der Waals surface area contributed by atoms with E-state index in [4.69, 9.17) is 9.84 Å². The van der Waals surface area contributed by atoms with E-state index in [0.29, 0.717) is 12.6 Å². The normalized spacial score (nSPS) is 16.8. The number of carbonyl (C=O) groups excluding carboxylic acids is 1. The molecule has 1 saturated carbocycles. The third-order valence-electron chi connectivity index (χ3n) is 3.88. The van der Waals surface area contributed by atoms with Crippen LogP contribution in [0.4, 0.5) is 4.79 Å². The van der Waals surface area contributed by atoms with E-state index in [-0.39, 0.29) is 18.7 Å². The van der Waals surface area contributed by atoms with Gasteiger partial charge in [-0.05, 0) is 50.3 Å². The number of hydrogen-bond acceptors (Lipinski definition) is 3. The molecule has 0 aliphatic heterocycles. The van der Waals surface area contributed by atoms with Crippen LogP contribution in [0.15, 0.2) is 24.3 Å². The van der Waals surface area contributed by atoms with Crippen molar-refractivity contribution in [1.82, 2.24) is 10.6 Å². The molecular weight excluding hydrogens is 280 g/mol. The number of rotatable bonds is 6. The maximum atomic E-state index is 11.6. The fourth-order valence-electron chi connectivity index (χ4n) is 2.56. The molecule has 1 aromatic rings. The second-order valence-electron chi connectivity index (χ2n) is 5.93. The van der Waals surface area contributed by atoms with E-state index in [0.717, 1.165) is 24.2 Å². The molecule has 0 saturated heterocycles. The van der Waals surface area contributed by atoms with E-state index in [1.807, 2.05) is 24.3 Å². The van der Waals surface area contributed by atoms with Gasteiger partial charge >= 0.3 is 6.03 Å². The molecule has 0 heterocycles. The van der Waals surface area contributed by atoms with Crippen molar-refractivity contribution in [2.24, 2.45) is 0 Å². The SMILES string of the molecule is C[C@@H](CO)NC(=O)NCc1ccc(OC2CCCCC2)cc1. The van der Waals surface area contributed by atoms with E-state index < -0.39 is 0 Å². The molecule has 2 amide bonds. The van der Waals surface area contributed by atoms with Crippen LogP contribution in [0.3, 0.4) is 0 Å². The van der Waals surface area contributed by atoms with Crippen molar-refractivity contribution in [2.75, 3.05) is 6.61 Å². The molecule has 1 atom stereocenters. The fourth-order valence-corrected chi connectivity index (χ4v) is 2.56. The summed E-state index contributed by atoms with van der Waals surface area (Å²) in [5, 5.41) is 14.3. The van der Waals surface area contributed by atoms with Crippen LogP contribution in [-0.2, 0) is 6.54 Å². The van der Waals surface area contributed by atoms with Gasteiger partial charge in [-0.3, -0.25) is 0 Å². The van der Waals surface area contributed by atoms with Gasteiger partial charge in [-0.2, -0.15) is 0 Å². The summed E-state index contributed by atoms with van der Waals surface area (Å²) in [5.41, 5.74) is 1.02. The number of aliphatic hydroxyl groups excluding tert-OH is 1. The highest BCUT2D eigenvalue weighted by Gasteiger charge is 2.14. The monoisotopic (exact) mass is 306 g/mol. The van der Waals surface area contributed by atoms with Gasteiger partial charge in [0.05, 0.1) is 18.8 Å². The number of amides is 2. The zero-order chi connectivity index (χ0) is 15.8. The van der Waals surface area contributed by atoms with Gasteiger partial charge in [0.25, 0.3) is 0 Å². The summed E-state index contributed by atoms with van der Waals surface area (Å²) in [4.78, 5) is 11.6. The molecule has 1 fully saturated rings. The van der Waals surface area contributed by atoms with E-state index in [2.05, 4.69) is 10.6 Å². The van der Waals surface area contributed by atoms with Crippen LogP contribution in [0, 0.1) is 0 Å². The first-order valence-electron chi connectivity index (χ1n) is 8.08. The fraction of sp³-hybridized carbons (Fsp3) is 0.588. The lowest BCUT2D eigenvalue weighted by Crippen LogP contribution is -2.41. The summed E-state index contributed by atoms with van der Waals surface area (Å²) in [6.45, 7) is 2.13. The van der Waals surface area contributed by atoms with Crippen molar-refractivity contribution in [3.05, 3.63) is 29.8 Å². The molecule has 5 heteroatoms. The summed E-state index contributed by atoms with van der Waals surface area (Å²) in [6.07, 6.45) is 6.48. The predicted octanol–water partition coefficient (Wildman–Crippen LogP) is 2.58. The van der Waals surface area contributed by atoms with Crippen molar-refractivity contribution in [1.29, 1.82) is 0 Å².